The number of carboxylic acid groups (broad SMARTS) is 2. The molecule has 1 aromatic rings. The fourth-order valence-corrected chi connectivity index (χ4v) is 1.90. The fourth-order valence-electron chi connectivity index (χ4n) is 1.34. The number of anilines is 1. The zero-order valence-corrected chi connectivity index (χ0v) is 11.7. The van der Waals surface area contributed by atoms with Crippen LogP contribution in [0.4, 0.5) is 14.9 Å². The molecular formula is C11H9Cl2FN2O5. The molecule has 0 heterocycles. The van der Waals surface area contributed by atoms with Gasteiger partial charge in [-0.2, -0.15) is 0 Å². The Bertz CT molecular complexity index is 573. The Morgan fingerprint density at radius 3 is 2.14 bits per heavy atom. The summed E-state index contributed by atoms with van der Waals surface area (Å²) in [7, 11) is 0. The number of hydrogen-bond donors (Lipinski definition) is 4. The number of carboxylic acids is 2. The number of halogens is 3. The minimum Gasteiger partial charge on any atom is -0.481 e. The second-order valence-electron chi connectivity index (χ2n) is 3.83. The predicted molar refractivity (Wildman–Crippen MR) is 72.3 cm³/mol. The average molecular weight is 339 g/mol. The van der Waals surface area contributed by atoms with Crippen LogP contribution in [0.25, 0.3) is 0 Å². The maximum atomic E-state index is 13.0. The average Bonchev–Trinajstić information content (AvgIpc) is 2.32. The normalized spacial score (nSPS) is 11.6. The molecule has 0 radical (unpaired) electrons. The van der Waals surface area contributed by atoms with Crippen molar-refractivity contribution in [3.05, 3.63) is 28.0 Å². The van der Waals surface area contributed by atoms with Crippen LogP contribution < -0.4 is 10.6 Å². The lowest BCUT2D eigenvalue weighted by Crippen LogP contribution is -2.44. The second kappa shape index (κ2) is 7.09. The molecule has 114 valence electrons. The highest BCUT2D eigenvalue weighted by molar-refractivity contribution is 6.39. The van der Waals surface area contributed by atoms with Gasteiger partial charge in [0.1, 0.15) is 11.9 Å². The molecule has 1 unspecified atom stereocenters. The van der Waals surface area contributed by atoms with Crippen molar-refractivity contribution in [2.24, 2.45) is 0 Å². The van der Waals surface area contributed by atoms with E-state index in [2.05, 4.69) is 5.32 Å². The quantitative estimate of drug-likeness (QED) is 0.656. The molecule has 0 bridgehead atoms. The first-order valence-corrected chi connectivity index (χ1v) is 6.13. The van der Waals surface area contributed by atoms with Crippen molar-refractivity contribution in [2.75, 3.05) is 5.32 Å². The standard InChI is InChI=1S/C11H9Cl2FN2O5/c12-5-1-4(14)2-6(13)9(5)16-11(21)15-7(10(19)20)3-8(17)18/h1-2,7H,3H2,(H,17,18)(H,19,20)(H2,15,16,21). The topological polar surface area (TPSA) is 116 Å². The number of amides is 2. The number of carbonyl (C=O) groups is 3. The molecule has 2 amide bonds. The van der Waals surface area contributed by atoms with Crippen LogP contribution in [0.15, 0.2) is 12.1 Å². The van der Waals surface area contributed by atoms with E-state index in [9.17, 15) is 18.8 Å². The van der Waals surface area contributed by atoms with E-state index < -0.39 is 36.2 Å². The summed E-state index contributed by atoms with van der Waals surface area (Å²) in [5.41, 5.74) is -0.128. The van der Waals surface area contributed by atoms with E-state index in [1.165, 1.54) is 0 Å². The van der Waals surface area contributed by atoms with Gasteiger partial charge in [0.25, 0.3) is 0 Å². The first-order chi connectivity index (χ1) is 9.70. The Labute approximate surface area is 127 Å². The Kier molecular flexibility index (Phi) is 5.74. The van der Waals surface area contributed by atoms with Crippen LogP contribution >= 0.6 is 23.2 Å². The number of urea groups is 1. The molecule has 0 saturated heterocycles. The molecular weight excluding hydrogens is 330 g/mol. The third-order valence-electron chi connectivity index (χ3n) is 2.23. The van der Waals surface area contributed by atoms with Gasteiger partial charge in [0.05, 0.1) is 22.2 Å². The first kappa shape index (κ1) is 17.0. The minimum atomic E-state index is -1.64. The summed E-state index contributed by atoms with van der Waals surface area (Å²) in [5.74, 6) is -3.64. The van der Waals surface area contributed by atoms with Gasteiger partial charge in [0.2, 0.25) is 0 Å². The van der Waals surface area contributed by atoms with Gasteiger partial charge in [-0.25, -0.2) is 14.0 Å². The summed E-state index contributed by atoms with van der Waals surface area (Å²) in [5, 5.41) is 21.0. The Morgan fingerprint density at radius 1 is 1.19 bits per heavy atom. The van der Waals surface area contributed by atoms with Crippen molar-refractivity contribution in [3.8, 4) is 0 Å². The van der Waals surface area contributed by atoms with Crippen molar-refractivity contribution in [1.82, 2.24) is 5.32 Å². The smallest absolute Gasteiger partial charge is 0.326 e. The van der Waals surface area contributed by atoms with Crippen LogP contribution in [0.5, 0.6) is 0 Å². The number of hydrogen-bond acceptors (Lipinski definition) is 3. The van der Waals surface area contributed by atoms with E-state index in [-0.39, 0.29) is 15.7 Å². The number of rotatable bonds is 5. The van der Waals surface area contributed by atoms with E-state index in [1.54, 1.807) is 0 Å². The van der Waals surface area contributed by atoms with Crippen LogP contribution in [0.2, 0.25) is 10.0 Å². The summed E-state index contributed by atoms with van der Waals surface area (Å²) in [6.45, 7) is 0. The molecule has 7 nitrogen and oxygen atoms in total. The molecule has 4 N–H and O–H groups in total. The summed E-state index contributed by atoms with van der Waals surface area (Å²) in [4.78, 5) is 32.9. The number of carbonyl (C=O) groups excluding carboxylic acids is 1. The maximum Gasteiger partial charge on any atom is 0.326 e. The van der Waals surface area contributed by atoms with E-state index in [0.717, 1.165) is 12.1 Å². The molecule has 0 aliphatic rings. The van der Waals surface area contributed by atoms with Gasteiger partial charge < -0.3 is 20.8 Å². The predicted octanol–water partition coefficient (Wildman–Crippen LogP) is 2.18. The number of benzene rings is 1. The van der Waals surface area contributed by atoms with Gasteiger partial charge in [-0.1, -0.05) is 23.2 Å². The van der Waals surface area contributed by atoms with E-state index in [1.807, 2.05) is 5.32 Å². The van der Waals surface area contributed by atoms with Crippen LogP contribution in [0.1, 0.15) is 6.42 Å². The molecule has 10 heteroatoms. The third kappa shape index (κ3) is 5.09. The molecule has 0 aromatic heterocycles. The molecule has 21 heavy (non-hydrogen) atoms. The van der Waals surface area contributed by atoms with Crippen molar-refractivity contribution < 1.29 is 29.0 Å². The van der Waals surface area contributed by atoms with Gasteiger partial charge in [-0.15, -0.1) is 0 Å². The van der Waals surface area contributed by atoms with Crippen molar-refractivity contribution in [1.29, 1.82) is 0 Å². The lowest BCUT2D eigenvalue weighted by molar-refractivity contribution is -0.145. The van der Waals surface area contributed by atoms with Crippen LogP contribution in [0.3, 0.4) is 0 Å². The lowest BCUT2D eigenvalue weighted by atomic mass is 10.2. The fraction of sp³-hybridized carbons (Fsp3) is 0.182. The molecule has 0 saturated carbocycles. The lowest BCUT2D eigenvalue weighted by Gasteiger charge is -2.14. The molecule has 0 aliphatic carbocycles. The number of aliphatic carboxylic acids is 2. The Morgan fingerprint density at radius 2 is 1.71 bits per heavy atom. The van der Waals surface area contributed by atoms with Crippen molar-refractivity contribution >= 4 is 46.9 Å². The van der Waals surface area contributed by atoms with Crippen LogP contribution in [0, 0.1) is 5.82 Å². The van der Waals surface area contributed by atoms with Crippen molar-refractivity contribution in [2.45, 2.75) is 12.5 Å². The second-order valence-corrected chi connectivity index (χ2v) is 4.65. The SMILES string of the molecule is O=C(O)CC(NC(=O)Nc1c(Cl)cc(F)cc1Cl)C(=O)O. The number of nitrogens with one attached hydrogen (secondary N) is 2. The summed E-state index contributed by atoms with van der Waals surface area (Å²) in [6, 6.07) is -0.885. The van der Waals surface area contributed by atoms with Gasteiger partial charge >= 0.3 is 18.0 Å². The monoisotopic (exact) mass is 338 g/mol. The summed E-state index contributed by atoms with van der Waals surface area (Å²) in [6.07, 6.45) is -0.812. The summed E-state index contributed by atoms with van der Waals surface area (Å²) >= 11 is 11.4. The van der Waals surface area contributed by atoms with Crippen LogP contribution in [-0.4, -0.2) is 34.2 Å². The highest BCUT2D eigenvalue weighted by Gasteiger charge is 2.23. The molecule has 0 aliphatic heterocycles. The maximum absolute atomic E-state index is 13.0. The summed E-state index contributed by atoms with van der Waals surface area (Å²) < 4.78 is 13.0. The zero-order valence-electron chi connectivity index (χ0n) is 10.2. The highest BCUT2D eigenvalue weighted by atomic mass is 35.5. The van der Waals surface area contributed by atoms with Gasteiger partial charge in [0, 0.05) is 0 Å². The van der Waals surface area contributed by atoms with E-state index >= 15 is 0 Å². The molecule has 1 aromatic carbocycles. The van der Waals surface area contributed by atoms with Gasteiger partial charge in [0.15, 0.2) is 0 Å². The third-order valence-corrected chi connectivity index (χ3v) is 2.82. The van der Waals surface area contributed by atoms with Gasteiger partial charge in [-0.3, -0.25) is 4.79 Å². The molecule has 0 spiro atoms. The molecule has 0 fully saturated rings. The van der Waals surface area contributed by atoms with E-state index in [0.29, 0.717) is 0 Å². The van der Waals surface area contributed by atoms with Crippen molar-refractivity contribution in [3.63, 3.8) is 0 Å². The van der Waals surface area contributed by atoms with E-state index in [4.69, 9.17) is 33.4 Å². The zero-order chi connectivity index (χ0) is 16.2. The Balaban J connectivity index is 2.82. The first-order valence-electron chi connectivity index (χ1n) is 5.37. The van der Waals surface area contributed by atoms with Crippen LogP contribution in [-0.2, 0) is 9.59 Å². The largest absolute Gasteiger partial charge is 0.481 e. The van der Waals surface area contributed by atoms with Gasteiger partial charge in [-0.05, 0) is 12.1 Å². The highest BCUT2D eigenvalue weighted by Crippen LogP contribution is 2.31. The minimum absolute atomic E-state index is 0.128. The molecule has 1 rings (SSSR count). The Hall–Kier alpha value is -2.06. The molecule has 1 atom stereocenters.